The number of nitrogens with zero attached hydrogens (tertiary/aromatic N) is 4. The van der Waals surface area contributed by atoms with E-state index in [0.717, 1.165) is 23.7 Å². The zero-order valence-corrected chi connectivity index (χ0v) is 11.9. The van der Waals surface area contributed by atoms with Gasteiger partial charge in [0.2, 0.25) is 0 Å². The fraction of sp³-hybridized carbons (Fsp3) is 0.667. The SMILES string of the molecule is Brc1nccn1CCN1C=NN[C@@H]1C1CCCC1. The molecule has 2 heterocycles. The summed E-state index contributed by atoms with van der Waals surface area (Å²) in [7, 11) is 0. The molecule has 0 bridgehead atoms. The summed E-state index contributed by atoms with van der Waals surface area (Å²) in [4.78, 5) is 6.49. The van der Waals surface area contributed by atoms with Crippen molar-refractivity contribution in [2.75, 3.05) is 6.54 Å². The van der Waals surface area contributed by atoms with Crippen molar-refractivity contribution >= 4 is 22.3 Å². The predicted molar refractivity (Wildman–Crippen MR) is 74.0 cm³/mol. The van der Waals surface area contributed by atoms with Crippen molar-refractivity contribution in [3.05, 3.63) is 17.1 Å². The highest BCUT2D eigenvalue weighted by molar-refractivity contribution is 9.10. The molecule has 0 amide bonds. The van der Waals surface area contributed by atoms with Crippen molar-refractivity contribution in [2.45, 2.75) is 38.4 Å². The summed E-state index contributed by atoms with van der Waals surface area (Å²) in [5, 5.41) is 4.23. The van der Waals surface area contributed by atoms with Gasteiger partial charge in [-0.05, 0) is 34.7 Å². The molecule has 6 heteroatoms. The fourth-order valence-electron chi connectivity index (χ4n) is 2.88. The largest absolute Gasteiger partial charge is 0.338 e. The Bertz CT molecular complexity index is 424. The molecule has 5 nitrogen and oxygen atoms in total. The summed E-state index contributed by atoms with van der Waals surface area (Å²) < 4.78 is 3.00. The highest BCUT2D eigenvalue weighted by Gasteiger charge is 2.30. The second kappa shape index (κ2) is 5.30. The zero-order valence-electron chi connectivity index (χ0n) is 10.3. The Hall–Kier alpha value is -1.04. The first-order valence-electron chi connectivity index (χ1n) is 6.56. The van der Waals surface area contributed by atoms with Crippen LogP contribution >= 0.6 is 15.9 Å². The van der Waals surface area contributed by atoms with Crippen LogP contribution in [0.3, 0.4) is 0 Å². The van der Waals surface area contributed by atoms with E-state index < -0.39 is 0 Å². The van der Waals surface area contributed by atoms with Gasteiger partial charge in [0.1, 0.15) is 12.5 Å². The van der Waals surface area contributed by atoms with Crippen LogP contribution in [-0.2, 0) is 6.54 Å². The van der Waals surface area contributed by atoms with Gasteiger partial charge in [0.05, 0.1) is 0 Å². The topological polar surface area (TPSA) is 45.5 Å². The molecule has 0 unspecified atom stereocenters. The molecule has 0 saturated heterocycles. The van der Waals surface area contributed by atoms with E-state index in [0.29, 0.717) is 6.17 Å². The van der Waals surface area contributed by atoms with Crippen LogP contribution in [0.5, 0.6) is 0 Å². The summed E-state index contributed by atoms with van der Waals surface area (Å²) in [6.45, 7) is 1.89. The first-order chi connectivity index (χ1) is 8.84. The molecule has 1 atom stereocenters. The Morgan fingerprint density at radius 1 is 1.33 bits per heavy atom. The molecule has 1 aromatic heterocycles. The lowest BCUT2D eigenvalue weighted by atomic mass is 10.0. The van der Waals surface area contributed by atoms with Gasteiger partial charge in [0.25, 0.3) is 0 Å². The standard InChI is InChI=1S/C12H18BrN5/c13-12-14-5-6-17(12)7-8-18-9-15-16-11(18)10-3-1-2-4-10/h5-6,9-11,16H,1-4,7-8H2/t11-/m0/s1. The number of hydrogen-bond acceptors (Lipinski definition) is 4. The minimum absolute atomic E-state index is 0.398. The number of halogens is 1. The van der Waals surface area contributed by atoms with Gasteiger partial charge in [-0.2, -0.15) is 5.10 Å². The molecular weight excluding hydrogens is 294 g/mol. The van der Waals surface area contributed by atoms with Gasteiger partial charge in [-0.3, -0.25) is 5.43 Å². The van der Waals surface area contributed by atoms with Gasteiger partial charge in [-0.25, -0.2) is 4.98 Å². The van der Waals surface area contributed by atoms with E-state index in [2.05, 4.69) is 40.9 Å². The van der Waals surface area contributed by atoms with Gasteiger partial charge < -0.3 is 9.47 Å². The molecule has 1 aliphatic carbocycles. The van der Waals surface area contributed by atoms with Crippen LogP contribution in [0.2, 0.25) is 0 Å². The summed E-state index contributed by atoms with van der Waals surface area (Å²) in [6, 6.07) is 0. The third-order valence-electron chi connectivity index (χ3n) is 3.88. The second-order valence-electron chi connectivity index (χ2n) is 4.99. The quantitative estimate of drug-likeness (QED) is 0.925. The minimum Gasteiger partial charge on any atom is -0.338 e. The molecule has 1 fully saturated rings. The first-order valence-corrected chi connectivity index (χ1v) is 7.35. The van der Waals surface area contributed by atoms with Crippen LogP contribution in [0, 0.1) is 5.92 Å². The molecule has 1 N–H and O–H groups in total. The smallest absolute Gasteiger partial charge is 0.177 e. The monoisotopic (exact) mass is 311 g/mol. The molecule has 0 radical (unpaired) electrons. The van der Waals surface area contributed by atoms with Crippen molar-refractivity contribution < 1.29 is 0 Å². The number of hydrogen-bond donors (Lipinski definition) is 1. The normalized spacial score (nSPS) is 23.8. The van der Waals surface area contributed by atoms with E-state index in [1.807, 2.05) is 18.7 Å². The third kappa shape index (κ3) is 2.39. The highest BCUT2D eigenvalue weighted by Crippen LogP contribution is 2.29. The van der Waals surface area contributed by atoms with Crippen LogP contribution in [-0.4, -0.2) is 33.5 Å². The molecule has 98 valence electrons. The van der Waals surface area contributed by atoms with Gasteiger partial charge in [0, 0.05) is 25.5 Å². The number of imidazole rings is 1. The number of hydrazone groups is 1. The van der Waals surface area contributed by atoms with Gasteiger partial charge in [-0.1, -0.05) is 12.8 Å². The van der Waals surface area contributed by atoms with Gasteiger partial charge >= 0.3 is 0 Å². The van der Waals surface area contributed by atoms with E-state index in [9.17, 15) is 0 Å². The average molecular weight is 312 g/mol. The Kier molecular flexibility index (Phi) is 3.54. The molecule has 1 aliphatic heterocycles. The maximum absolute atomic E-state index is 4.23. The van der Waals surface area contributed by atoms with Crippen molar-refractivity contribution in [2.24, 2.45) is 11.0 Å². The summed E-state index contributed by atoms with van der Waals surface area (Å²) in [5.41, 5.74) is 3.25. The number of aromatic nitrogens is 2. The van der Waals surface area contributed by atoms with Gasteiger partial charge in [0.15, 0.2) is 4.73 Å². The van der Waals surface area contributed by atoms with E-state index in [4.69, 9.17) is 0 Å². The fourth-order valence-corrected chi connectivity index (χ4v) is 3.29. The lowest BCUT2D eigenvalue weighted by molar-refractivity contribution is 0.212. The van der Waals surface area contributed by atoms with E-state index in [-0.39, 0.29) is 0 Å². The van der Waals surface area contributed by atoms with E-state index in [1.165, 1.54) is 25.7 Å². The predicted octanol–water partition coefficient (Wildman–Crippen LogP) is 2.01. The Morgan fingerprint density at radius 3 is 2.89 bits per heavy atom. The maximum atomic E-state index is 4.23. The Balaban J connectivity index is 1.58. The van der Waals surface area contributed by atoms with Crippen LogP contribution in [0.1, 0.15) is 25.7 Å². The molecule has 0 spiro atoms. The number of rotatable bonds is 4. The zero-order chi connectivity index (χ0) is 12.4. The lowest BCUT2D eigenvalue weighted by Crippen LogP contribution is -2.43. The molecule has 0 aromatic carbocycles. The molecule has 1 saturated carbocycles. The molecule has 1 aromatic rings. The molecular formula is C12H18BrN5. The summed E-state index contributed by atoms with van der Waals surface area (Å²) in [6.07, 6.45) is 11.5. The van der Waals surface area contributed by atoms with Crippen LogP contribution in [0.25, 0.3) is 0 Å². The van der Waals surface area contributed by atoms with Crippen LogP contribution in [0.15, 0.2) is 22.2 Å². The Morgan fingerprint density at radius 2 is 2.17 bits per heavy atom. The van der Waals surface area contributed by atoms with E-state index >= 15 is 0 Å². The van der Waals surface area contributed by atoms with Crippen LogP contribution < -0.4 is 5.43 Å². The van der Waals surface area contributed by atoms with Crippen LogP contribution in [0.4, 0.5) is 0 Å². The average Bonchev–Trinajstić information content (AvgIpc) is 3.07. The van der Waals surface area contributed by atoms with E-state index in [1.54, 1.807) is 0 Å². The molecule has 2 aliphatic rings. The summed E-state index contributed by atoms with van der Waals surface area (Å²) >= 11 is 3.44. The van der Waals surface area contributed by atoms with Gasteiger partial charge in [-0.15, -0.1) is 0 Å². The second-order valence-corrected chi connectivity index (χ2v) is 5.70. The summed E-state index contributed by atoms with van der Waals surface area (Å²) in [5.74, 6) is 0.749. The third-order valence-corrected chi connectivity index (χ3v) is 4.54. The van der Waals surface area contributed by atoms with Crippen molar-refractivity contribution in [3.8, 4) is 0 Å². The maximum Gasteiger partial charge on any atom is 0.177 e. The Labute approximate surface area is 115 Å². The first kappa shape index (κ1) is 12.0. The highest BCUT2D eigenvalue weighted by atomic mass is 79.9. The lowest BCUT2D eigenvalue weighted by Gasteiger charge is -2.28. The molecule has 18 heavy (non-hydrogen) atoms. The minimum atomic E-state index is 0.398. The molecule has 3 rings (SSSR count). The van der Waals surface area contributed by atoms with Crippen molar-refractivity contribution in [1.82, 2.24) is 19.9 Å². The number of nitrogens with one attached hydrogen (secondary N) is 1. The van der Waals surface area contributed by atoms with Crippen molar-refractivity contribution in [1.29, 1.82) is 0 Å². The van der Waals surface area contributed by atoms with Crippen molar-refractivity contribution in [3.63, 3.8) is 0 Å².